The van der Waals surface area contributed by atoms with E-state index in [9.17, 15) is 14.0 Å². The summed E-state index contributed by atoms with van der Waals surface area (Å²) in [5.74, 6) is -0.813. The van der Waals surface area contributed by atoms with Crippen LogP contribution in [0, 0.1) is 5.82 Å². The van der Waals surface area contributed by atoms with Gasteiger partial charge in [-0.25, -0.2) is 9.18 Å². The monoisotopic (exact) mass is 334 g/mol. The standard InChI is InChI=1S/C14H8BrFN2O2/c15-12-8(2-1-3-9(12)16)13(19)7-4-5-10-11(6-7)18-14(20)17-10/h1-6H,(H2,17,18,20). The number of halogens is 2. The van der Waals surface area contributed by atoms with Crippen LogP contribution in [0.5, 0.6) is 0 Å². The number of ketones is 1. The summed E-state index contributed by atoms with van der Waals surface area (Å²) < 4.78 is 13.6. The number of H-pyrrole nitrogens is 2. The predicted octanol–water partition coefficient (Wildman–Crippen LogP) is 2.99. The van der Waals surface area contributed by atoms with Crippen molar-refractivity contribution < 1.29 is 9.18 Å². The lowest BCUT2D eigenvalue weighted by atomic mass is 10.0. The Kier molecular flexibility index (Phi) is 3.02. The summed E-state index contributed by atoms with van der Waals surface area (Å²) in [6.45, 7) is 0. The van der Waals surface area contributed by atoms with Gasteiger partial charge >= 0.3 is 5.69 Å². The average molecular weight is 335 g/mol. The third-order valence-corrected chi connectivity index (χ3v) is 3.78. The maximum absolute atomic E-state index is 13.5. The summed E-state index contributed by atoms with van der Waals surface area (Å²) in [5.41, 5.74) is 1.43. The molecule has 1 heterocycles. The Morgan fingerprint density at radius 3 is 2.65 bits per heavy atom. The van der Waals surface area contributed by atoms with Gasteiger partial charge < -0.3 is 9.97 Å². The van der Waals surface area contributed by atoms with Gasteiger partial charge in [0.2, 0.25) is 0 Å². The van der Waals surface area contributed by atoms with E-state index in [0.717, 1.165) is 0 Å². The Hall–Kier alpha value is -2.21. The number of hydrogen-bond acceptors (Lipinski definition) is 2. The number of rotatable bonds is 2. The van der Waals surface area contributed by atoms with Gasteiger partial charge in [-0.1, -0.05) is 6.07 Å². The molecule has 4 nitrogen and oxygen atoms in total. The number of carbonyl (C=O) groups excluding carboxylic acids is 1. The van der Waals surface area contributed by atoms with Crippen molar-refractivity contribution in [1.82, 2.24) is 9.97 Å². The minimum atomic E-state index is -0.494. The maximum Gasteiger partial charge on any atom is 0.323 e. The minimum absolute atomic E-state index is 0.132. The summed E-state index contributed by atoms with van der Waals surface area (Å²) in [6.07, 6.45) is 0. The number of fused-ring (bicyclic) bond motifs is 1. The molecule has 6 heteroatoms. The highest BCUT2D eigenvalue weighted by molar-refractivity contribution is 9.10. The van der Waals surface area contributed by atoms with Gasteiger partial charge in [-0.2, -0.15) is 0 Å². The fourth-order valence-corrected chi connectivity index (χ4v) is 2.45. The van der Waals surface area contributed by atoms with E-state index in [0.29, 0.717) is 16.6 Å². The fourth-order valence-electron chi connectivity index (χ4n) is 2.01. The highest BCUT2D eigenvalue weighted by Crippen LogP contribution is 2.24. The smallest absolute Gasteiger partial charge is 0.306 e. The Labute approximate surface area is 120 Å². The van der Waals surface area contributed by atoms with Gasteiger partial charge in [0, 0.05) is 11.1 Å². The van der Waals surface area contributed by atoms with Crippen LogP contribution in [0.25, 0.3) is 11.0 Å². The third-order valence-electron chi connectivity index (χ3n) is 2.97. The molecule has 0 fully saturated rings. The normalized spacial score (nSPS) is 10.9. The predicted molar refractivity (Wildman–Crippen MR) is 76.5 cm³/mol. The van der Waals surface area contributed by atoms with E-state index < -0.39 is 5.82 Å². The topological polar surface area (TPSA) is 65.7 Å². The lowest BCUT2D eigenvalue weighted by Crippen LogP contribution is -2.03. The summed E-state index contributed by atoms with van der Waals surface area (Å²) in [4.78, 5) is 28.7. The molecule has 100 valence electrons. The number of imidazole rings is 1. The Morgan fingerprint density at radius 2 is 1.85 bits per heavy atom. The molecule has 0 atom stereocenters. The number of nitrogens with one attached hydrogen (secondary N) is 2. The summed E-state index contributed by atoms with van der Waals surface area (Å²) in [5, 5.41) is 0. The van der Waals surface area contributed by atoms with Gasteiger partial charge in [-0.05, 0) is 46.3 Å². The first-order chi connectivity index (χ1) is 9.56. The SMILES string of the molecule is O=C(c1ccc2[nH]c(=O)[nH]c2c1)c1cccc(F)c1Br. The van der Waals surface area contributed by atoms with E-state index in [1.54, 1.807) is 24.3 Å². The molecule has 3 aromatic rings. The Morgan fingerprint density at radius 1 is 1.10 bits per heavy atom. The largest absolute Gasteiger partial charge is 0.323 e. The molecular formula is C14H8BrFN2O2. The molecule has 0 bridgehead atoms. The Bertz CT molecular complexity index is 882. The molecule has 1 aromatic heterocycles. The molecule has 0 aliphatic heterocycles. The molecule has 0 spiro atoms. The van der Waals surface area contributed by atoms with Crippen molar-refractivity contribution in [2.75, 3.05) is 0 Å². The summed E-state index contributed by atoms with van der Waals surface area (Å²) in [6, 6.07) is 9.07. The third kappa shape index (κ3) is 2.08. The average Bonchev–Trinajstić information content (AvgIpc) is 2.80. The van der Waals surface area contributed by atoms with Crippen molar-refractivity contribution in [1.29, 1.82) is 0 Å². The molecule has 0 unspecified atom stereocenters. The maximum atomic E-state index is 13.5. The van der Waals surface area contributed by atoms with E-state index >= 15 is 0 Å². The molecule has 0 aliphatic rings. The van der Waals surface area contributed by atoms with Gasteiger partial charge in [-0.3, -0.25) is 4.79 Å². The van der Waals surface area contributed by atoms with Crippen LogP contribution in [0.3, 0.4) is 0 Å². The minimum Gasteiger partial charge on any atom is -0.306 e. The zero-order chi connectivity index (χ0) is 14.3. The van der Waals surface area contributed by atoms with Crippen molar-refractivity contribution >= 4 is 32.7 Å². The van der Waals surface area contributed by atoms with Crippen LogP contribution in [-0.4, -0.2) is 15.8 Å². The van der Waals surface area contributed by atoms with E-state index in [2.05, 4.69) is 25.9 Å². The van der Waals surface area contributed by atoms with Gasteiger partial charge in [0.25, 0.3) is 0 Å². The second-order valence-corrected chi connectivity index (χ2v) is 5.06. The lowest BCUT2D eigenvalue weighted by molar-refractivity contribution is 0.103. The second-order valence-electron chi connectivity index (χ2n) is 4.27. The first-order valence-electron chi connectivity index (χ1n) is 5.77. The molecule has 0 amide bonds. The number of carbonyl (C=O) groups is 1. The van der Waals surface area contributed by atoms with Crippen LogP contribution in [0.15, 0.2) is 45.7 Å². The number of hydrogen-bond donors (Lipinski definition) is 2. The number of aromatic nitrogens is 2. The molecule has 0 saturated heterocycles. The molecule has 0 radical (unpaired) electrons. The molecule has 2 N–H and O–H groups in total. The fraction of sp³-hybridized carbons (Fsp3) is 0. The molecule has 0 saturated carbocycles. The Balaban J connectivity index is 2.12. The van der Waals surface area contributed by atoms with Crippen LogP contribution in [-0.2, 0) is 0 Å². The molecule has 0 aliphatic carbocycles. The zero-order valence-corrected chi connectivity index (χ0v) is 11.6. The van der Waals surface area contributed by atoms with Gasteiger partial charge in [0.1, 0.15) is 5.82 Å². The van der Waals surface area contributed by atoms with Crippen LogP contribution in [0.1, 0.15) is 15.9 Å². The van der Waals surface area contributed by atoms with Crippen LogP contribution in [0.4, 0.5) is 4.39 Å². The van der Waals surface area contributed by atoms with Crippen molar-refractivity contribution in [2.45, 2.75) is 0 Å². The van der Waals surface area contributed by atoms with Crippen molar-refractivity contribution in [3.8, 4) is 0 Å². The van der Waals surface area contributed by atoms with E-state index in [1.807, 2.05) is 0 Å². The quantitative estimate of drug-likeness (QED) is 0.707. The second kappa shape index (κ2) is 4.72. The first-order valence-corrected chi connectivity index (χ1v) is 6.56. The van der Waals surface area contributed by atoms with Gasteiger partial charge in [-0.15, -0.1) is 0 Å². The van der Waals surface area contributed by atoms with Crippen molar-refractivity contribution in [3.63, 3.8) is 0 Å². The molecule has 20 heavy (non-hydrogen) atoms. The van der Waals surface area contributed by atoms with E-state index in [1.165, 1.54) is 12.1 Å². The van der Waals surface area contributed by atoms with Crippen molar-refractivity contribution in [3.05, 3.63) is 68.3 Å². The van der Waals surface area contributed by atoms with Crippen LogP contribution in [0.2, 0.25) is 0 Å². The molecule has 2 aromatic carbocycles. The zero-order valence-electron chi connectivity index (χ0n) is 10.0. The molecule has 3 rings (SSSR count). The highest BCUT2D eigenvalue weighted by Gasteiger charge is 2.15. The number of benzene rings is 2. The van der Waals surface area contributed by atoms with Crippen LogP contribution >= 0.6 is 15.9 Å². The van der Waals surface area contributed by atoms with E-state index in [4.69, 9.17) is 0 Å². The summed E-state index contributed by atoms with van der Waals surface area (Å²) in [7, 11) is 0. The van der Waals surface area contributed by atoms with Gasteiger partial charge in [0.15, 0.2) is 5.78 Å². The number of aromatic amines is 2. The molecular weight excluding hydrogens is 327 g/mol. The highest BCUT2D eigenvalue weighted by atomic mass is 79.9. The van der Waals surface area contributed by atoms with Gasteiger partial charge in [0.05, 0.1) is 15.5 Å². The first kappa shape index (κ1) is 12.8. The van der Waals surface area contributed by atoms with E-state index in [-0.39, 0.29) is 21.5 Å². The summed E-state index contributed by atoms with van der Waals surface area (Å²) >= 11 is 3.07. The lowest BCUT2D eigenvalue weighted by Gasteiger charge is -2.04. The van der Waals surface area contributed by atoms with Crippen LogP contribution < -0.4 is 5.69 Å². The van der Waals surface area contributed by atoms with Crippen molar-refractivity contribution in [2.24, 2.45) is 0 Å².